The summed E-state index contributed by atoms with van der Waals surface area (Å²) in [5.41, 5.74) is 0.961. The van der Waals surface area contributed by atoms with Crippen molar-refractivity contribution in [2.75, 3.05) is 13.1 Å². The number of halogens is 4. The van der Waals surface area contributed by atoms with Gasteiger partial charge in [0.1, 0.15) is 0 Å². The maximum atomic E-state index is 12.7. The van der Waals surface area contributed by atoms with Crippen molar-refractivity contribution in [1.29, 1.82) is 0 Å². The maximum Gasteiger partial charge on any atom is 0.416 e. The third kappa shape index (κ3) is 4.52. The van der Waals surface area contributed by atoms with E-state index < -0.39 is 11.7 Å². The minimum absolute atomic E-state index is 0. The van der Waals surface area contributed by atoms with Crippen molar-refractivity contribution in [1.82, 2.24) is 10.6 Å². The zero-order valence-electron chi connectivity index (χ0n) is 13.3. The zero-order chi connectivity index (χ0) is 17.2. The van der Waals surface area contributed by atoms with Crippen molar-refractivity contribution in [2.24, 2.45) is 0 Å². The highest BCUT2D eigenvalue weighted by Crippen LogP contribution is 2.31. The summed E-state index contributed by atoms with van der Waals surface area (Å²) in [5.74, 6) is -0.209. The Labute approximate surface area is 150 Å². The molecule has 7 heteroatoms. The van der Waals surface area contributed by atoms with E-state index in [-0.39, 0.29) is 24.4 Å². The highest BCUT2D eigenvalue weighted by Gasteiger charge is 2.30. The first kappa shape index (κ1) is 19.3. The van der Waals surface area contributed by atoms with E-state index in [1.165, 1.54) is 12.1 Å². The highest BCUT2D eigenvalue weighted by molar-refractivity contribution is 6.01. The second-order valence-electron chi connectivity index (χ2n) is 5.78. The van der Waals surface area contributed by atoms with Gasteiger partial charge in [0.25, 0.3) is 5.91 Å². The van der Waals surface area contributed by atoms with Gasteiger partial charge in [0.2, 0.25) is 0 Å². The van der Waals surface area contributed by atoms with Crippen molar-refractivity contribution in [3.05, 3.63) is 59.7 Å². The van der Waals surface area contributed by atoms with Crippen LogP contribution in [-0.4, -0.2) is 25.0 Å². The van der Waals surface area contributed by atoms with Gasteiger partial charge in [-0.05, 0) is 42.3 Å². The number of hydrogen-bond acceptors (Lipinski definition) is 2. The van der Waals surface area contributed by atoms with Crippen LogP contribution in [0.4, 0.5) is 13.2 Å². The number of amides is 1. The van der Waals surface area contributed by atoms with E-state index in [9.17, 15) is 18.0 Å². The van der Waals surface area contributed by atoms with Gasteiger partial charge in [-0.2, -0.15) is 13.2 Å². The summed E-state index contributed by atoms with van der Waals surface area (Å²) in [6.45, 7) is 1.60. The summed E-state index contributed by atoms with van der Waals surface area (Å²) >= 11 is 0. The molecule has 1 amide bonds. The van der Waals surface area contributed by atoms with Crippen LogP contribution in [-0.2, 0) is 6.18 Å². The molecule has 25 heavy (non-hydrogen) atoms. The van der Waals surface area contributed by atoms with Gasteiger partial charge in [-0.25, -0.2) is 0 Å². The van der Waals surface area contributed by atoms with E-state index in [0.29, 0.717) is 16.7 Å². The maximum absolute atomic E-state index is 12.7. The summed E-state index contributed by atoms with van der Waals surface area (Å²) in [5, 5.41) is 6.13. The Morgan fingerprint density at radius 2 is 1.76 bits per heavy atom. The van der Waals surface area contributed by atoms with Gasteiger partial charge in [0, 0.05) is 18.2 Å². The normalized spacial score (nSPS) is 17.0. The number of carbonyl (C=O) groups is 1. The van der Waals surface area contributed by atoms with E-state index in [1.54, 1.807) is 24.3 Å². The van der Waals surface area contributed by atoms with Crippen LogP contribution >= 0.6 is 12.4 Å². The average molecular weight is 371 g/mol. The molecule has 1 aliphatic rings. The minimum atomic E-state index is -4.37. The summed E-state index contributed by atoms with van der Waals surface area (Å²) < 4.78 is 38.1. The number of nitrogens with one attached hydrogen (secondary N) is 2. The molecule has 0 saturated carbocycles. The fourth-order valence-electron chi connectivity index (χ4n) is 2.81. The molecule has 0 aliphatic carbocycles. The van der Waals surface area contributed by atoms with Gasteiger partial charge < -0.3 is 10.6 Å². The second-order valence-corrected chi connectivity index (χ2v) is 5.78. The van der Waals surface area contributed by atoms with Crippen molar-refractivity contribution in [2.45, 2.75) is 18.6 Å². The topological polar surface area (TPSA) is 41.1 Å². The van der Waals surface area contributed by atoms with Crippen LogP contribution in [0.25, 0.3) is 11.1 Å². The molecule has 3 rings (SSSR count). The van der Waals surface area contributed by atoms with E-state index in [4.69, 9.17) is 0 Å². The van der Waals surface area contributed by atoms with Gasteiger partial charge in [0.15, 0.2) is 0 Å². The molecule has 1 atom stereocenters. The van der Waals surface area contributed by atoms with Crippen LogP contribution in [0.5, 0.6) is 0 Å². The standard InChI is InChI=1S/C18H17F3N2O.ClH/c19-18(20,21)13-7-5-12(6-8-13)15-3-1-2-4-16(15)17(24)23-14-9-10-22-11-14;/h1-8,14,22H,9-11H2,(H,23,24);1H. The molecule has 3 nitrogen and oxygen atoms in total. The first-order valence-corrected chi connectivity index (χ1v) is 7.73. The average Bonchev–Trinajstić information content (AvgIpc) is 3.07. The Morgan fingerprint density at radius 1 is 1.08 bits per heavy atom. The lowest BCUT2D eigenvalue weighted by Crippen LogP contribution is -2.36. The predicted molar refractivity (Wildman–Crippen MR) is 92.9 cm³/mol. The molecule has 1 fully saturated rings. The molecular weight excluding hydrogens is 353 g/mol. The summed E-state index contributed by atoms with van der Waals surface area (Å²) in [7, 11) is 0. The Morgan fingerprint density at radius 3 is 2.36 bits per heavy atom. The Kier molecular flexibility index (Phi) is 6.08. The van der Waals surface area contributed by atoms with Gasteiger partial charge in [-0.15, -0.1) is 12.4 Å². The first-order valence-electron chi connectivity index (χ1n) is 7.73. The fourth-order valence-corrected chi connectivity index (χ4v) is 2.81. The number of alkyl halides is 3. The van der Waals surface area contributed by atoms with E-state index in [2.05, 4.69) is 10.6 Å². The smallest absolute Gasteiger partial charge is 0.348 e. The zero-order valence-corrected chi connectivity index (χ0v) is 14.1. The van der Waals surface area contributed by atoms with Gasteiger partial charge >= 0.3 is 6.18 Å². The Balaban J connectivity index is 0.00000225. The largest absolute Gasteiger partial charge is 0.416 e. The Bertz CT molecular complexity index is 726. The van der Waals surface area contributed by atoms with Crippen molar-refractivity contribution < 1.29 is 18.0 Å². The summed E-state index contributed by atoms with van der Waals surface area (Å²) in [6, 6.07) is 11.9. The van der Waals surface area contributed by atoms with Crippen LogP contribution in [0.1, 0.15) is 22.3 Å². The SMILES string of the molecule is Cl.O=C(NC1CCNC1)c1ccccc1-c1ccc(C(F)(F)F)cc1. The quantitative estimate of drug-likeness (QED) is 0.860. The third-order valence-corrected chi connectivity index (χ3v) is 4.09. The summed E-state index contributed by atoms with van der Waals surface area (Å²) in [4.78, 5) is 12.5. The van der Waals surface area contributed by atoms with Crippen LogP contribution in [0.15, 0.2) is 48.5 Å². The number of benzene rings is 2. The lowest BCUT2D eigenvalue weighted by atomic mass is 9.98. The monoisotopic (exact) mass is 370 g/mol. The van der Waals surface area contributed by atoms with E-state index in [1.807, 2.05) is 0 Å². The number of carbonyl (C=O) groups excluding carboxylic acids is 1. The Hall–Kier alpha value is -2.05. The van der Waals surface area contributed by atoms with Crippen LogP contribution in [0.2, 0.25) is 0 Å². The van der Waals surface area contributed by atoms with Crippen LogP contribution in [0.3, 0.4) is 0 Å². The van der Waals surface area contributed by atoms with Gasteiger partial charge in [-0.3, -0.25) is 4.79 Å². The predicted octanol–water partition coefficient (Wildman–Crippen LogP) is 3.89. The molecule has 1 saturated heterocycles. The van der Waals surface area contributed by atoms with Crippen LogP contribution in [0, 0.1) is 0 Å². The molecule has 2 N–H and O–H groups in total. The molecule has 2 aromatic rings. The van der Waals surface area contributed by atoms with Gasteiger partial charge in [0.05, 0.1) is 5.56 Å². The second kappa shape index (κ2) is 7.89. The lowest BCUT2D eigenvalue weighted by molar-refractivity contribution is -0.137. The summed E-state index contributed by atoms with van der Waals surface area (Å²) in [6.07, 6.45) is -3.50. The fraction of sp³-hybridized carbons (Fsp3) is 0.278. The number of rotatable bonds is 3. The van der Waals surface area contributed by atoms with Crippen molar-refractivity contribution in [3.63, 3.8) is 0 Å². The lowest BCUT2D eigenvalue weighted by Gasteiger charge is -2.14. The molecule has 0 bridgehead atoms. The molecule has 1 heterocycles. The number of hydrogen-bond donors (Lipinski definition) is 2. The molecule has 0 radical (unpaired) electrons. The van der Waals surface area contributed by atoms with Crippen molar-refractivity contribution in [3.8, 4) is 11.1 Å². The molecule has 1 unspecified atom stereocenters. The highest BCUT2D eigenvalue weighted by atomic mass is 35.5. The van der Waals surface area contributed by atoms with E-state index >= 15 is 0 Å². The van der Waals surface area contributed by atoms with Gasteiger partial charge in [-0.1, -0.05) is 30.3 Å². The molecule has 1 aliphatic heterocycles. The van der Waals surface area contributed by atoms with Crippen LogP contribution < -0.4 is 10.6 Å². The molecule has 2 aromatic carbocycles. The van der Waals surface area contributed by atoms with E-state index in [0.717, 1.165) is 31.6 Å². The molecule has 134 valence electrons. The molecular formula is C18H18ClF3N2O. The minimum Gasteiger partial charge on any atom is -0.348 e. The molecule has 0 spiro atoms. The third-order valence-electron chi connectivity index (χ3n) is 4.09. The van der Waals surface area contributed by atoms with Crippen molar-refractivity contribution >= 4 is 18.3 Å². The molecule has 0 aromatic heterocycles. The first-order chi connectivity index (χ1) is 11.4.